The number of para-hydroxylation sites is 1. The highest BCUT2D eigenvalue weighted by Gasteiger charge is 2.48. The molecule has 1 aromatic heterocycles. The van der Waals surface area contributed by atoms with Gasteiger partial charge in [-0.1, -0.05) is 83.3 Å². The molecule has 1 amide bonds. The number of aliphatic hydroxyl groups excluding tert-OH is 1. The van der Waals surface area contributed by atoms with Crippen molar-refractivity contribution in [2.45, 2.75) is 23.1 Å². The summed E-state index contributed by atoms with van der Waals surface area (Å²) in [5.41, 5.74) is 2.53. The number of nitrogens with zero attached hydrogens (tertiary/aromatic N) is 3. The molecule has 0 spiro atoms. The smallest absolute Gasteiger partial charge is 0.301 e. The van der Waals surface area contributed by atoms with E-state index in [2.05, 4.69) is 10.2 Å². The Balaban J connectivity index is 1.40. The van der Waals surface area contributed by atoms with Crippen molar-refractivity contribution in [3.05, 3.63) is 131 Å². The topological polar surface area (TPSA) is 102 Å². The van der Waals surface area contributed by atoms with E-state index in [-0.39, 0.29) is 22.0 Å². The van der Waals surface area contributed by atoms with Crippen LogP contribution in [-0.4, -0.2) is 34.1 Å². The average molecular weight is 640 g/mol. The lowest BCUT2D eigenvalue weighted by Crippen LogP contribution is -2.29. The molecular weight excluding hydrogens is 614 g/mol. The predicted molar refractivity (Wildman–Crippen MR) is 171 cm³/mol. The maximum absolute atomic E-state index is 14.7. The zero-order chi connectivity index (χ0) is 31.5. The van der Waals surface area contributed by atoms with Crippen LogP contribution in [0.3, 0.4) is 0 Å². The second kappa shape index (κ2) is 12.9. The number of benzene rings is 4. The molecule has 1 saturated heterocycles. The van der Waals surface area contributed by atoms with E-state index in [1.54, 1.807) is 36.4 Å². The van der Waals surface area contributed by atoms with Crippen molar-refractivity contribution in [2.75, 3.05) is 12.0 Å². The fourth-order valence-electron chi connectivity index (χ4n) is 4.87. The van der Waals surface area contributed by atoms with Crippen LogP contribution < -0.4 is 14.4 Å². The number of aryl methyl sites for hydroxylation is 1. The quantitative estimate of drug-likeness (QED) is 0.0576. The minimum absolute atomic E-state index is 0.0135. The van der Waals surface area contributed by atoms with Gasteiger partial charge in [0.05, 0.1) is 18.7 Å². The molecule has 1 atom stereocenters. The Hall–Kier alpha value is -5.00. The summed E-state index contributed by atoms with van der Waals surface area (Å²) in [6.45, 7) is 2.02. The Bertz CT molecular complexity index is 1910. The van der Waals surface area contributed by atoms with Crippen LogP contribution >= 0.6 is 23.1 Å². The van der Waals surface area contributed by atoms with Crippen LogP contribution in [-0.2, 0) is 15.3 Å². The Morgan fingerprint density at radius 3 is 2.44 bits per heavy atom. The summed E-state index contributed by atoms with van der Waals surface area (Å²) >= 11 is 2.62. The van der Waals surface area contributed by atoms with Crippen LogP contribution in [0.1, 0.15) is 28.3 Å². The molecule has 0 bridgehead atoms. The lowest BCUT2D eigenvalue weighted by atomic mass is 9.95. The fraction of sp³-hybridized carbons (Fsp3) is 0.118. The van der Waals surface area contributed by atoms with Gasteiger partial charge in [0.2, 0.25) is 5.13 Å². The molecule has 1 N–H and O–H groups in total. The van der Waals surface area contributed by atoms with Crippen LogP contribution in [0.25, 0.3) is 5.76 Å². The Morgan fingerprint density at radius 1 is 0.956 bits per heavy atom. The molecule has 5 aromatic rings. The SMILES string of the molecule is COc1ccc(/C(O)=C2/C(=O)C(=O)N(c3nnc(SCc4ccc(C)cc4)s3)C2c2cccc(Oc3ccccc3)c2)cc1F. The zero-order valence-corrected chi connectivity index (χ0v) is 25.8. The highest BCUT2D eigenvalue weighted by Crippen LogP contribution is 2.45. The third kappa shape index (κ3) is 6.31. The number of anilines is 1. The van der Waals surface area contributed by atoms with E-state index < -0.39 is 29.3 Å². The zero-order valence-electron chi connectivity index (χ0n) is 24.1. The summed E-state index contributed by atoms with van der Waals surface area (Å²) in [4.78, 5) is 28.5. The summed E-state index contributed by atoms with van der Waals surface area (Å²) in [5.74, 6) is -1.44. The number of thioether (sulfide) groups is 1. The molecule has 1 unspecified atom stereocenters. The highest BCUT2D eigenvalue weighted by atomic mass is 32.2. The van der Waals surface area contributed by atoms with E-state index in [0.29, 0.717) is 27.2 Å². The van der Waals surface area contributed by atoms with Crippen LogP contribution in [0.15, 0.2) is 107 Å². The lowest BCUT2D eigenvalue weighted by molar-refractivity contribution is -0.132. The van der Waals surface area contributed by atoms with Gasteiger partial charge in [0.25, 0.3) is 5.78 Å². The number of amides is 1. The summed E-state index contributed by atoms with van der Waals surface area (Å²) in [6, 6.07) is 26.9. The summed E-state index contributed by atoms with van der Waals surface area (Å²) in [7, 11) is 1.32. The lowest BCUT2D eigenvalue weighted by Gasteiger charge is -2.23. The number of carbonyl (C=O) groups excluding carboxylic acids is 2. The molecule has 6 rings (SSSR count). The molecule has 1 aliphatic heterocycles. The van der Waals surface area contributed by atoms with Crippen molar-refractivity contribution in [1.82, 2.24) is 10.2 Å². The monoisotopic (exact) mass is 639 g/mol. The largest absolute Gasteiger partial charge is 0.507 e. The molecule has 0 radical (unpaired) electrons. The number of ether oxygens (including phenoxy) is 2. The van der Waals surface area contributed by atoms with Crippen molar-refractivity contribution in [2.24, 2.45) is 0 Å². The summed E-state index contributed by atoms with van der Waals surface area (Å²) in [5, 5.41) is 20.2. The highest BCUT2D eigenvalue weighted by molar-refractivity contribution is 8.00. The van der Waals surface area contributed by atoms with Crippen molar-refractivity contribution in [3.8, 4) is 17.2 Å². The van der Waals surface area contributed by atoms with Crippen LogP contribution in [0, 0.1) is 12.7 Å². The number of aromatic nitrogens is 2. The van der Waals surface area contributed by atoms with Gasteiger partial charge in [-0.15, -0.1) is 10.2 Å². The molecule has 2 heterocycles. The van der Waals surface area contributed by atoms with E-state index in [0.717, 1.165) is 28.5 Å². The Labute approximate surface area is 266 Å². The third-order valence-corrected chi connectivity index (χ3v) is 9.23. The van der Waals surface area contributed by atoms with Gasteiger partial charge in [0.1, 0.15) is 17.3 Å². The Morgan fingerprint density at radius 2 is 1.71 bits per heavy atom. The first kappa shape index (κ1) is 30.0. The van der Waals surface area contributed by atoms with E-state index in [1.165, 1.54) is 35.9 Å². The van der Waals surface area contributed by atoms with Crippen molar-refractivity contribution in [1.29, 1.82) is 0 Å². The number of hydrogen-bond donors (Lipinski definition) is 1. The number of aliphatic hydroxyl groups is 1. The van der Waals surface area contributed by atoms with E-state index in [1.807, 2.05) is 49.4 Å². The van der Waals surface area contributed by atoms with Gasteiger partial charge in [0, 0.05) is 11.3 Å². The number of ketones is 1. The molecular formula is C34H26FN3O5S2. The summed E-state index contributed by atoms with van der Waals surface area (Å²) in [6.07, 6.45) is 0. The van der Waals surface area contributed by atoms with Gasteiger partial charge in [-0.3, -0.25) is 14.5 Å². The number of halogens is 1. The first-order valence-corrected chi connectivity index (χ1v) is 15.6. The molecule has 226 valence electrons. The van der Waals surface area contributed by atoms with Crippen molar-refractivity contribution in [3.63, 3.8) is 0 Å². The van der Waals surface area contributed by atoms with Gasteiger partial charge in [0.15, 0.2) is 15.9 Å². The number of rotatable bonds is 9. The molecule has 1 aliphatic rings. The van der Waals surface area contributed by atoms with E-state index >= 15 is 0 Å². The summed E-state index contributed by atoms with van der Waals surface area (Å²) < 4.78 is 26.3. The average Bonchev–Trinajstić information content (AvgIpc) is 3.62. The van der Waals surface area contributed by atoms with Gasteiger partial charge in [-0.05, 0) is 60.5 Å². The fourth-order valence-corrected chi connectivity index (χ4v) is 6.70. The molecule has 1 fully saturated rings. The molecule has 8 nitrogen and oxygen atoms in total. The van der Waals surface area contributed by atoms with Gasteiger partial charge in [-0.25, -0.2) is 4.39 Å². The first-order chi connectivity index (χ1) is 21.8. The second-order valence-corrected chi connectivity index (χ2v) is 12.3. The number of carbonyl (C=O) groups is 2. The molecule has 45 heavy (non-hydrogen) atoms. The number of methoxy groups -OCH3 is 1. The minimum Gasteiger partial charge on any atom is -0.507 e. The maximum Gasteiger partial charge on any atom is 0.301 e. The Kier molecular flexibility index (Phi) is 8.63. The van der Waals surface area contributed by atoms with Gasteiger partial charge >= 0.3 is 5.91 Å². The number of Topliss-reactive ketones (excluding diaryl/α,β-unsaturated/α-hetero) is 1. The minimum atomic E-state index is -1.10. The molecule has 11 heteroatoms. The van der Waals surface area contributed by atoms with E-state index in [9.17, 15) is 19.1 Å². The molecule has 0 saturated carbocycles. The normalized spacial score (nSPS) is 15.8. The van der Waals surface area contributed by atoms with E-state index in [4.69, 9.17) is 9.47 Å². The van der Waals surface area contributed by atoms with Crippen LogP contribution in [0.2, 0.25) is 0 Å². The van der Waals surface area contributed by atoms with Crippen molar-refractivity contribution < 1.29 is 28.6 Å². The molecule has 0 aliphatic carbocycles. The van der Waals surface area contributed by atoms with Crippen molar-refractivity contribution >= 4 is 45.7 Å². The molecule has 4 aromatic carbocycles. The maximum atomic E-state index is 14.7. The second-order valence-electron chi connectivity index (χ2n) is 10.1. The predicted octanol–water partition coefficient (Wildman–Crippen LogP) is 7.71. The van der Waals surface area contributed by atoms with Crippen LogP contribution in [0.4, 0.5) is 9.52 Å². The van der Waals surface area contributed by atoms with Gasteiger partial charge in [-0.2, -0.15) is 0 Å². The van der Waals surface area contributed by atoms with Crippen LogP contribution in [0.5, 0.6) is 17.2 Å². The third-order valence-electron chi connectivity index (χ3n) is 7.11. The first-order valence-electron chi connectivity index (χ1n) is 13.8. The number of hydrogen-bond acceptors (Lipinski definition) is 9. The standard InChI is InChI=1S/C34H26FN3O5S2/c1-20-11-13-21(14-12-20)19-44-34-37-36-33(45-34)38-29(22-7-6-10-25(17-22)43-24-8-4-3-5-9-24)28(31(40)32(38)41)30(39)23-15-16-27(42-2)26(35)18-23/h3-18,29,39H,19H2,1-2H3/b30-28-. The van der Waals surface area contributed by atoms with Gasteiger partial charge < -0.3 is 14.6 Å².